The molecule has 0 aliphatic heterocycles. The summed E-state index contributed by atoms with van der Waals surface area (Å²) >= 11 is 6.15. The average Bonchev–Trinajstić information content (AvgIpc) is 3.16. The van der Waals surface area contributed by atoms with E-state index in [0.29, 0.717) is 5.69 Å². The maximum atomic E-state index is 14.4. The minimum absolute atomic E-state index is 0.0330. The van der Waals surface area contributed by atoms with Gasteiger partial charge in [-0.1, -0.05) is 53.2 Å². The molecule has 0 fully saturated rings. The van der Waals surface area contributed by atoms with E-state index in [1.54, 1.807) is 19.1 Å². The maximum Gasteiger partial charge on any atom is 0.261 e. The second kappa shape index (κ2) is 9.24. The third-order valence-electron chi connectivity index (χ3n) is 5.11. The molecule has 4 aromatic rings. The average molecular weight is 450 g/mol. The minimum Gasteiger partial charge on any atom is -0.379 e. The Kier molecular flexibility index (Phi) is 6.23. The Hall–Kier alpha value is -3.64. The van der Waals surface area contributed by atoms with Crippen LogP contribution < -0.4 is 10.6 Å². The normalized spacial score (nSPS) is 11.8. The van der Waals surface area contributed by atoms with Crippen LogP contribution in [-0.2, 0) is 0 Å². The zero-order chi connectivity index (χ0) is 22.7. The molecule has 1 heterocycles. The lowest BCUT2D eigenvalue weighted by Gasteiger charge is -2.16. The topological polar surface area (TPSA) is 67.2 Å². The van der Waals surface area contributed by atoms with Crippen LogP contribution in [0.5, 0.6) is 0 Å². The van der Waals surface area contributed by atoms with Crippen LogP contribution in [0.15, 0.2) is 77.3 Å². The molecule has 5 nitrogen and oxygen atoms in total. The summed E-state index contributed by atoms with van der Waals surface area (Å²) in [5.41, 5.74) is 2.91. The van der Waals surface area contributed by atoms with Crippen LogP contribution >= 0.6 is 11.6 Å². The van der Waals surface area contributed by atoms with Gasteiger partial charge in [-0.05, 0) is 55.8 Å². The van der Waals surface area contributed by atoms with Gasteiger partial charge in [0.25, 0.3) is 5.91 Å². The molecule has 0 spiro atoms. The van der Waals surface area contributed by atoms with Gasteiger partial charge < -0.3 is 15.2 Å². The van der Waals surface area contributed by atoms with Crippen molar-refractivity contribution in [2.45, 2.75) is 19.9 Å². The Morgan fingerprint density at radius 1 is 1.00 bits per heavy atom. The van der Waals surface area contributed by atoms with Crippen LogP contribution in [0, 0.1) is 12.7 Å². The van der Waals surface area contributed by atoms with Crippen molar-refractivity contribution in [2.24, 2.45) is 0 Å². The molecule has 2 N–H and O–H groups in total. The van der Waals surface area contributed by atoms with Gasteiger partial charge in [-0.25, -0.2) is 4.39 Å². The van der Waals surface area contributed by atoms with Crippen LogP contribution in [-0.4, -0.2) is 11.1 Å². The zero-order valence-corrected chi connectivity index (χ0v) is 18.3. The lowest BCUT2D eigenvalue weighted by Crippen LogP contribution is -2.14. The number of aromatic nitrogens is 1. The van der Waals surface area contributed by atoms with Crippen molar-refractivity contribution >= 4 is 28.9 Å². The third kappa shape index (κ3) is 4.50. The highest BCUT2D eigenvalue weighted by Crippen LogP contribution is 2.34. The standard InChI is InChI=1S/C25H21ClFN3O2/c1-15(17-7-4-3-5-8-17)28-18-11-13-19(14-12-18)29-25(31)22-16(2)32-30-24(22)23-20(26)9-6-10-21(23)27/h3-15,28H,1-2H3,(H,29,31). The van der Waals surface area contributed by atoms with E-state index in [2.05, 4.69) is 34.8 Å². The van der Waals surface area contributed by atoms with Crippen molar-refractivity contribution in [2.75, 3.05) is 10.6 Å². The summed E-state index contributed by atoms with van der Waals surface area (Å²) in [7, 11) is 0. The first-order valence-electron chi connectivity index (χ1n) is 10.1. The molecule has 1 aromatic heterocycles. The number of nitrogens with one attached hydrogen (secondary N) is 2. The number of anilines is 2. The van der Waals surface area contributed by atoms with Crippen LogP contribution in [0.25, 0.3) is 11.3 Å². The Bertz CT molecular complexity index is 1220. The van der Waals surface area contributed by atoms with E-state index in [4.69, 9.17) is 16.1 Å². The van der Waals surface area contributed by atoms with E-state index < -0.39 is 11.7 Å². The molecule has 0 aliphatic carbocycles. The number of nitrogens with zero attached hydrogens (tertiary/aromatic N) is 1. The zero-order valence-electron chi connectivity index (χ0n) is 17.5. The molecule has 162 valence electrons. The van der Waals surface area contributed by atoms with Crippen molar-refractivity contribution in [3.8, 4) is 11.3 Å². The lowest BCUT2D eigenvalue weighted by atomic mass is 10.0. The molecule has 1 unspecified atom stereocenters. The van der Waals surface area contributed by atoms with Crippen molar-refractivity contribution in [1.82, 2.24) is 5.16 Å². The number of benzene rings is 3. The molecule has 0 radical (unpaired) electrons. The molecule has 4 rings (SSSR count). The molecular formula is C25H21ClFN3O2. The van der Waals surface area contributed by atoms with E-state index in [-0.39, 0.29) is 33.6 Å². The van der Waals surface area contributed by atoms with Gasteiger partial charge in [0.15, 0.2) is 0 Å². The van der Waals surface area contributed by atoms with Crippen LogP contribution in [0.3, 0.4) is 0 Å². The van der Waals surface area contributed by atoms with Gasteiger partial charge in [-0.15, -0.1) is 0 Å². The fourth-order valence-electron chi connectivity index (χ4n) is 3.45. The number of carbonyl (C=O) groups is 1. The van der Waals surface area contributed by atoms with Crippen LogP contribution in [0.2, 0.25) is 5.02 Å². The van der Waals surface area contributed by atoms with Crippen molar-refractivity contribution in [3.05, 3.63) is 101 Å². The van der Waals surface area contributed by atoms with E-state index in [1.165, 1.54) is 23.8 Å². The highest BCUT2D eigenvalue weighted by Gasteiger charge is 2.25. The fraction of sp³-hybridized carbons (Fsp3) is 0.120. The van der Waals surface area contributed by atoms with Gasteiger partial charge >= 0.3 is 0 Å². The summed E-state index contributed by atoms with van der Waals surface area (Å²) in [6, 6.07) is 21.9. The first-order chi connectivity index (χ1) is 15.4. The summed E-state index contributed by atoms with van der Waals surface area (Å²) < 4.78 is 19.6. The first-order valence-corrected chi connectivity index (χ1v) is 10.5. The van der Waals surface area contributed by atoms with Gasteiger partial charge in [0.1, 0.15) is 22.8 Å². The van der Waals surface area contributed by atoms with Crippen LogP contribution in [0.4, 0.5) is 15.8 Å². The summed E-state index contributed by atoms with van der Waals surface area (Å²) in [6.45, 7) is 3.67. The molecule has 0 saturated carbocycles. The number of carbonyl (C=O) groups excluding carboxylic acids is 1. The lowest BCUT2D eigenvalue weighted by molar-refractivity contribution is 0.102. The van der Waals surface area contributed by atoms with Gasteiger partial charge in [0, 0.05) is 17.4 Å². The van der Waals surface area contributed by atoms with Gasteiger partial charge in [-0.2, -0.15) is 0 Å². The molecular weight excluding hydrogens is 429 g/mol. The number of rotatable bonds is 6. The minimum atomic E-state index is -0.581. The molecule has 3 aromatic carbocycles. The van der Waals surface area contributed by atoms with Crippen molar-refractivity contribution in [3.63, 3.8) is 0 Å². The van der Waals surface area contributed by atoms with Gasteiger partial charge in [0.05, 0.1) is 10.6 Å². The Morgan fingerprint density at radius 2 is 1.69 bits per heavy atom. The number of hydrogen-bond donors (Lipinski definition) is 2. The Labute approximate surface area is 190 Å². The maximum absolute atomic E-state index is 14.4. The van der Waals surface area contributed by atoms with Gasteiger partial charge in [0.2, 0.25) is 0 Å². The molecule has 32 heavy (non-hydrogen) atoms. The van der Waals surface area contributed by atoms with E-state index in [1.807, 2.05) is 30.3 Å². The highest BCUT2D eigenvalue weighted by atomic mass is 35.5. The van der Waals surface area contributed by atoms with E-state index in [0.717, 1.165) is 5.69 Å². The summed E-state index contributed by atoms with van der Waals surface area (Å²) in [5.74, 6) is -0.772. The van der Waals surface area contributed by atoms with Crippen LogP contribution in [0.1, 0.15) is 34.6 Å². The predicted molar refractivity (Wildman–Crippen MR) is 125 cm³/mol. The second-order valence-electron chi connectivity index (χ2n) is 7.37. The summed E-state index contributed by atoms with van der Waals surface area (Å²) in [6.07, 6.45) is 0. The SMILES string of the molecule is Cc1onc(-c2c(F)cccc2Cl)c1C(=O)Nc1ccc(NC(C)c2ccccc2)cc1. The Morgan fingerprint density at radius 3 is 2.38 bits per heavy atom. The predicted octanol–water partition coefficient (Wildman–Crippen LogP) is 6.87. The van der Waals surface area contributed by atoms with Crippen molar-refractivity contribution in [1.29, 1.82) is 0 Å². The number of halogens is 2. The number of aryl methyl sites for hydroxylation is 1. The molecule has 0 aliphatic rings. The van der Waals surface area contributed by atoms with E-state index >= 15 is 0 Å². The third-order valence-corrected chi connectivity index (χ3v) is 5.43. The molecule has 0 bridgehead atoms. The largest absolute Gasteiger partial charge is 0.379 e. The quantitative estimate of drug-likeness (QED) is 0.337. The fourth-order valence-corrected chi connectivity index (χ4v) is 3.71. The summed E-state index contributed by atoms with van der Waals surface area (Å²) in [5, 5.41) is 10.3. The van der Waals surface area contributed by atoms with Crippen molar-refractivity contribution < 1.29 is 13.7 Å². The van der Waals surface area contributed by atoms with E-state index in [9.17, 15) is 9.18 Å². The first kappa shape index (κ1) is 21.6. The molecule has 0 saturated heterocycles. The number of amides is 1. The summed E-state index contributed by atoms with van der Waals surface area (Å²) in [4.78, 5) is 13.0. The highest BCUT2D eigenvalue weighted by molar-refractivity contribution is 6.33. The smallest absolute Gasteiger partial charge is 0.261 e. The Balaban J connectivity index is 1.51. The molecule has 7 heteroatoms. The number of hydrogen-bond acceptors (Lipinski definition) is 4. The second-order valence-corrected chi connectivity index (χ2v) is 7.77. The molecule has 1 amide bonds. The molecule has 1 atom stereocenters. The van der Waals surface area contributed by atoms with Gasteiger partial charge in [-0.3, -0.25) is 4.79 Å². The monoisotopic (exact) mass is 449 g/mol.